The second kappa shape index (κ2) is 31.2. The molecular formula is C105H61F3N16. The van der Waals surface area contributed by atoms with Crippen molar-refractivity contribution in [2.24, 2.45) is 0 Å². The van der Waals surface area contributed by atoms with Crippen molar-refractivity contribution in [3.63, 3.8) is 0 Å². The van der Waals surface area contributed by atoms with Crippen LogP contribution < -0.4 is 0 Å². The van der Waals surface area contributed by atoms with Gasteiger partial charge in [0, 0.05) is 99.6 Å². The fraction of sp³-hybridized carbons (Fsp3) is 0.00952. The molecule has 0 aliphatic rings. The van der Waals surface area contributed by atoms with E-state index in [9.17, 15) is 19.7 Å². The monoisotopic (exact) mass is 1600 g/mol. The minimum Gasteiger partial charge on any atom is -0.309 e. The molecule has 582 valence electrons. The molecule has 0 N–H and O–H groups in total. The minimum atomic E-state index is -4.74. The number of aromatic nitrogens is 14. The van der Waals surface area contributed by atoms with Crippen LogP contribution in [-0.2, 0) is 6.18 Å². The summed E-state index contributed by atoms with van der Waals surface area (Å²) in [4.78, 5) is 69.9. The largest absolute Gasteiger partial charge is 0.415 e. The van der Waals surface area contributed by atoms with E-state index in [0.29, 0.717) is 120 Å². The third kappa shape index (κ3) is 14.0. The van der Waals surface area contributed by atoms with Gasteiger partial charge < -0.3 is 9.13 Å². The number of hydrogen-bond donors (Lipinski definition) is 0. The molecule has 0 atom stereocenters. The summed E-state index contributed by atoms with van der Waals surface area (Å²) >= 11 is 0. The highest BCUT2D eigenvalue weighted by molar-refractivity contribution is 6.14. The molecule has 0 amide bonds. The van der Waals surface area contributed by atoms with E-state index in [4.69, 9.17) is 66.4 Å². The predicted octanol–water partition coefficient (Wildman–Crippen LogP) is 26.1. The minimum absolute atomic E-state index is 0.212. The topological polar surface area (TPSA) is 173 Å². The van der Waals surface area contributed by atoms with Crippen LogP contribution in [-0.4, -0.2) is 68.9 Å². The standard InChI is InChI=1S/C105H61F3N16/c1-109-86-51-49-78(123-88-53-44-73(101-115-93(64-27-11-3-12-28-64)111-94(116-101)65-29-13-4-14-30-65)58-82(88)83-59-74(45-54-89(83)123)102-117-95(66-31-15-5-16-32-66)112-96(118-102)67-33-17-6-18-34-67)63-80(86)81-57-72(79-50-48-77(105(106,107)108)62-87(79)110-2)43-52-90(81)124-91-55-46-75(103-119-97(68-35-19-7-20-36-68)113-98(120-103)69-37-21-8-22-38-69)60-84(91)85-61-76(47-56-92(85)124)104-121-99(70-39-23-9-24-40-70)114-100(122-104)71-41-25-10-26-42-71/h3-63H. The summed E-state index contributed by atoms with van der Waals surface area (Å²) in [7, 11) is 0. The lowest BCUT2D eigenvalue weighted by atomic mass is 9.94. The fourth-order valence-corrected chi connectivity index (χ4v) is 16.0. The van der Waals surface area contributed by atoms with Gasteiger partial charge in [0.2, 0.25) is 0 Å². The van der Waals surface area contributed by atoms with Gasteiger partial charge in [-0.15, -0.1) is 0 Å². The van der Waals surface area contributed by atoms with Gasteiger partial charge in [-0.05, 0) is 125 Å². The zero-order valence-electron chi connectivity index (χ0n) is 65.5. The molecule has 0 saturated carbocycles. The fourth-order valence-electron chi connectivity index (χ4n) is 16.0. The van der Waals surface area contributed by atoms with E-state index < -0.39 is 11.7 Å². The van der Waals surface area contributed by atoms with Crippen molar-refractivity contribution >= 4 is 55.0 Å². The summed E-state index contributed by atoms with van der Waals surface area (Å²) < 4.78 is 48.5. The lowest BCUT2D eigenvalue weighted by molar-refractivity contribution is -0.137. The van der Waals surface area contributed by atoms with Crippen molar-refractivity contribution < 1.29 is 13.2 Å². The summed E-state index contributed by atoms with van der Waals surface area (Å²) in [6, 6.07) is 117. The average Bonchev–Trinajstić information content (AvgIpc) is 1.55. The first-order chi connectivity index (χ1) is 60.9. The first-order valence-electron chi connectivity index (χ1n) is 39.9. The Morgan fingerprint density at radius 2 is 0.476 bits per heavy atom. The highest BCUT2D eigenvalue weighted by Gasteiger charge is 2.32. The van der Waals surface area contributed by atoms with E-state index in [-0.39, 0.29) is 16.9 Å². The first kappa shape index (κ1) is 74.3. The molecule has 0 spiro atoms. The van der Waals surface area contributed by atoms with Crippen molar-refractivity contribution in [3.05, 3.63) is 398 Å². The number of fused-ring (bicyclic) bond motifs is 6. The second-order valence-electron chi connectivity index (χ2n) is 29.6. The molecule has 0 saturated heterocycles. The highest BCUT2D eigenvalue weighted by Crippen LogP contribution is 2.48. The molecule has 6 aromatic heterocycles. The van der Waals surface area contributed by atoms with E-state index in [1.165, 1.54) is 6.07 Å². The molecule has 21 rings (SSSR count). The summed E-state index contributed by atoms with van der Waals surface area (Å²) in [5.41, 5.74) is 14.1. The summed E-state index contributed by atoms with van der Waals surface area (Å²) in [5, 5.41) is 3.15. The lowest BCUT2D eigenvalue weighted by Gasteiger charge is -2.19. The van der Waals surface area contributed by atoms with Gasteiger partial charge in [0.05, 0.1) is 40.9 Å². The third-order valence-electron chi connectivity index (χ3n) is 22.0. The quantitative estimate of drug-likeness (QED) is 0.0839. The van der Waals surface area contributed by atoms with Gasteiger partial charge in [-0.25, -0.2) is 69.5 Å². The maximum Gasteiger partial charge on any atom is 0.415 e. The first-order valence-corrected chi connectivity index (χ1v) is 39.9. The summed E-state index contributed by atoms with van der Waals surface area (Å²) in [6.45, 7) is 17.6. The molecule has 0 radical (unpaired) electrons. The van der Waals surface area contributed by atoms with Crippen LogP contribution in [0.3, 0.4) is 0 Å². The zero-order chi connectivity index (χ0) is 83.4. The van der Waals surface area contributed by atoms with Gasteiger partial charge in [-0.3, -0.25) is 0 Å². The Labute approximate surface area is 707 Å². The van der Waals surface area contributed by atoms with Crippen LogP contribution in [0.5, 0.6) is 0 Å². The number of halogens is 3. The highest BCUT2D eigenvalue weighted by atomic mass is 19.4. The van der Waals surface area contributed by atoms with Crippen molar-refractivity contribution in [1.29, 1.82) is 0 Å². The van der Waals surface area contributed by atoms with Gasteiger partial charge in [-0.2, -0.15) is 13.2 Å². The molecule has 21 aromatic rings. The number of alkyl halides is 3. The third-order valence-corrected chi connectivity index (χ3v) is 22.0. The Morgan fingerprint density at radius 1 is 0.210 bits per heavy atom. The van der Waals surface area contributed by atoms with Crippen LogP contribution in [0.2, 0.25) is 0 Å². The van der Waals surface area contributed by atoms with Crippen LogP contribution in [0, 0.1) is 13.1 Å². The molecule has 19 heteroatoms. The number of benzene rings is 15. The van der Waals surface area contributed by atoms with Gasteiger partial charge in [0.25, 0.3) is 0 Å². The van der Waals surface area contributed by atoms with E-state index in [2.05, 4.69) is 55.2 Å². The van der Waals surface area contributed by atoms with Gasteiger partial charge in [0.1, 0.15) is 0 Å². The molecule has 0 unspecified atom stereocenters. The van der Waals surface area contributed by atoms with E-state index in [1.54, 1.807) is 6.07 Å². The Bertz CT molecular complexity index is 7240. The maximum absolute atomic E-state index is 14.7. The number of hydrogen-bond acceptors (Lipinski definition) is 12. The smallest absolute Gasteiger partial charge is 0.309 e. The SMILES string of the molecule is [C-]#[N+]c1cc(C(F)(F)F)ccc1-c1ccc(-n2c3ccc(-c4nc(-c5ccccc5)nc(-c5ccccc5)n4)cc3c3cc(-c4nc(-c5ccccc5)nc(-c5ccccc5)n4)ccc32)c(-c2cc(-n3c4ccc(-c5nc(-c6ccccc6)nc(-c6ccccc6)n5)cc4c4cc(-c5nc(-c6ccccc6)nc(-c6ccccc6)n5)ccc43)ccc2[N+]#[C-])c1. The van der Waals surface area contributed by atoms with Gasteiger partial charge in [-0.1, -0.05) is 267 Å². The van der Waals surface area contributed by atoms with Crippen LogP contribution in [0.25, 0.3) is 224 Å². The molecule has 15 aromatic carbocycles. The Balaban J connectivity index is 0.811. The Kier molecular flexibility index (Phi) is 18.7. The maximum atomic E-state index is 14.7. The summed E-state index contributed by atoms with van der Waals surface area (Å²) in [6.07, 6.45) is -4.74. The Hall–Kier alpha value is -17.3. The molecule has 124 heavy (non-hydrogen) atoms. The lowest BCUT2D eigenvalue weighted by Crippen LogP contribution is -2.04. The van der Waals surface area contributed by atoms with Gasteiger partial charge in [0.15, 0.2) is 81.3 Å². The van der Waals surface area contributed by atoms with Crippen LogP contribution in [0.1, 0.15) is 5.56 Å². The Morgan fingerprint density at radius 3 is 0.750 bits per heavy atom. The number of rotatable bonds is 16. The van der Waals surface area contributed by atoms with Crippen LogP contribution >= 0.6 is 0 Å². The zero-order valence-corrected chi connectivity index (χ0v) is 65.5. The normalized spacial score (nSPS) is 11.5. The van der Waals surface area contributed by atoms with Crippen molar-refractivity contribution in [2.45, 2.75) is 6.18 Å². The molecule has 6 heterocycles. The van der Waals surface area contributed by atoms with E-state index in [0.717, 1.165) is 100 Å². The average molecular weight is 1600 g/mol. The van der Waals surface area contributed by atoms with Crippen molar-refractivity contribution in [1.82, 2.24) is 68.9 Å². The molecule has 0 fully saturated rings. The molecule has 16 nitrogen and oxygen atoms in total. The van der Waals surface area contributed by atoms with E-state index in [1.807, 2.05) is 309 Å². The predicted molar refractivity (Wildman–Crippen MR) is 482 cm³/mol. The molecule has 0 aliphatic heterocycles. The summed E-state index contributed by atoms with van der Waals surface area (Å²) in [5.74, 6) is 5.58. The van der Waals surface area contributed by atoms with Crippen molar-refractivity contribution in [3.8, 4) is 170 Å². The second-order valence-corrected chi connectivity index (χ2v) is 29.6. The van der Waals surface area contributed by atoms with Crippen molar-refractivity contribution in [2.75, 3.05) is 0 Å². The van der Waals surface area contributed by atoms with Crippen LogP contribution in [0.15, 0.2) is 370 Å². The van der Waals surface area contributed by atoms with E-state index >= 15 is 0 Å². The van der Waals surface area contributed by atoms with Gasteiger partial charge >= 0.3 is 6.18 Å². The molecule has 0 bridgehead atoms. The molecule has 0 aliphatic carbocycles. The molecular weight excluding hydrogens is 1540 g/mol. The van der Waals surface area contributed by atoms with Crippen LogP contribution in [0.4, 0.5) is 24.5 Å². The number of nitrogens with zero attached hydrogens (tertiary/aromatic N) is 16.